The highest BCUT2D eigenvalue weighted by atomic mass is 35.5. The molecular weight excluding hydrogens is 406 g/mol. The van der Waals surface area contributed by atoms with E-state index in [0.29, 0.717) is 17.9 Å². The van der Waals surface area contributed by atoms with E-state index in [9.17, 15) is 20.2 Å². The number of benzene rings is 2. The molecule has 7 nitrogen and oxygen atoms in total. The number of ether oxygens (including phenoxy) is 1. The van der Waals surface area contributed by atoms with Crippen LogP contribution in [0.25, 0.3) is 6.08 Å². The first-order valence-electron chi connectivity index (χ1n) is 9.55. The van der Waals surface area contributed by atoms with Crippen LogP contribution in [0.4, 0.5) is 11.4 Å². The first-order valence-corrected chi connectivity index (χ1v) is 9.93. The van der Waals surface area contributed by atoms with E-state index in [-0.39, 0.29) is 22.0 Å². The van der Waals surface area contributed by atoms with E-state index in [1.165, 1.54) is 18.2 Å². The molecule has 0 saturated carbocycles. The molecule has 0 heterocycles. The molecule has 2 rings (SSSR count). The van der Waals surface area contributed by atoms with Crippen LogP contribution in [-0.2, 0) is 4.79 Å². The van der Waals surface area contributed by atoms with E-state index in [2.05, 4.69) is 12.2 Å². The third kappa shape index (κ3) is 6.61. The van der Waals surface area contributed by atoms with Crippen molar-refractivity contribution in [2.45, 2.75) is 32.6 Å². The Morgan fingerprint density at radius 3 is 2.73 bits per heavy atom. The Labute approximate surface area is 180 Å². The summed E-state index contributed by atoms with van der Waals surface area (Å²) in [5.41, 5.74) is 0.271. The van der Waals surface area contributed by atoms with Gasteiger partial charge >= 0.3 is 0 Å². The lowest BCUT2D eigenvalue weighted by Crippen LogP contribution is -2.13. The Morgan fingerprint density at radius 2 is 2.03 bits per heavy atom. The minimum Gasteiger partial charge on any atom is -0.493 e. The molecule has 0 spiro atoms. The van der Waals surface area contributed by atoms with Crippen molar-refractivity contribution in [2.24, 2.45) is 0 Å². The van der Waals surface area contributed by atoms with Gasteiger partial charge in [-0.2, -0.15) is 5.26 Å². The summed E-state index contributed by atoms with van der Waals surface area (Å²) in [6.07, 6.45) is 5.71. The second-order valence-electron chi connectivity index (χ2n) is 6.49. The van der Waals surface area contributed by atoms with Crippen LogP contribution < -0.4 is 10.1 Å². The second kappa shape index (κ2) is 11.6. The fourth-order valence-electron chi connectivity index (χ4n) is 2.68. The van der Waals surface area contributed by atoms with Gasteiger partial charge in [-0.05, 0) is 30.7 Å². The summed E-state index contributed by atoms with van der Waals surface area (Å²) >= 11 is 5.78. The quantitative estimate of drug-likeness (QED) is 0.171. The maximum Gasteiger partial charge on any atom is 0.289 e. The summed E-state index contributed by atoms with van der Waals surface area (Å²) < 4.78 is 5.81. The third-order valence-corrected chi connectivity index (χ3v) is 4.56. The number of nitriles is 1. The fourth-order valence-corrected chi connectivity index (χ4v) is 2.86. The molecule has 30 heavy (non-hydrogen) atoms. The van der Waals surface area contributed by atoms with Gasteiger partial charge in [-0.1, -0.05) is 56.0 Å². The topological polar surface area (TPSA) is 105 Å². The maximum atomic E-state index is 12.5. The van der Waals surface area contributed by atoms with Gasteiger partial charge in [0, 0.05) is 17.3 Å². The number of halogens is 1. The van der Waals surface area contributed by atoms with Gasteiger partial charge in [-0.15, -0.1) is 0 Å². The van der Waals surface area contributed by atoms with Crippen molar-refractivity contribution >= 4 is 35.0 Å². The van der Waals surface area contributed by atoms with Crippen molar-refractivity contribution in [3.05, 3.63) is 68.7 Å². The van der Waals surface area contributed by atoms with E-state index < -0.39 is 10.8 Å². The predicted octanol–water partition coefficient (Wildman–Crippen LogP) is 5.75. The van der Waals surface area contributed by atoms with Gasteiger partial charge in [0.05, 0.1) is 11.5 Å². The minimum atomic E-state index is -0.688. The van der Waals surface area contributed by atoms with Crippen molar-refractivity contribution in [3.63, 3.8) is 0 Å². The molecule has 0 aliphatic carbocycles. The Hall–Kier alpha value is -3.37. The summed E-state index contributed by atoms with van der Waals surface area (Å²) in [4.78, 5) is 22.9. The number of hydrogen-bond donors (Lipinski definition) is 1. The Morgan fingerprint density at radius 1 is 1.27 bits per heavy atom. The Bertz CT molecular complexity index is 983. The zero-order valence-corrected chi connectivity index (χ0v) is 17.3. The number of para-hydroxylation sites is 1. The molecule has 8 heteroatoms. The van der Waals surface area contributed by atoms with Gasteiger partial charge < -0.3 is 10.1 Å². The fraction of sp³-hybridized carbons (Fsp3) is 0.273. The summed E-state index contributed by atoms with van der Waals surface area (Å²) in [6.45, 7) is 2.69. The number of nitro benzene ring substituents is 1. The van der Waals surface area contributed by atoms with E-state index in [0.717, 1.165) is 31.7 Å². The Kier molecular flexibility index (Phi) is 8.85. The third-order valence-electron chi connectivity index (χ3n) is 4.24. The lowest BCUT2D eigenvalue weighted by molar-refractivity contribution is -0.384. The van der Waals surface area contributed by atoms with Crippen LogP contribution in [0, 0.1) is 21.4 Å². The van der Waals surface area contributed by atoms with Crippen LogP contribution in [0.15, 0.2) is 48.0 Å². The number of unbranched alkanes of at least 4 members (excludes halogenated alkanes) is 3. The molecular formula is C22H22ClN3O4. The van der Waals surface area contributed by atoms with Gasteiger partial charge in [0.2, 0.25) is 0 Å². The van der Waals surface area contributed by atoms with Crippen LogP contribution >= 0.6 is 11.6 Å². The molecule has 1 amide bonds. The number of anilines is 1. The van der Waals surface area contributed by atoms with Crippen molar-refractivity contribution in [3.8, 4) is 11.8 Å². The number of nitrogens with zero attached hydrogens (tertiary/aromatic N) is 2. The largest absolute Gasteiger partial charge is 0.493 e. The molecule has 156 valence electrons. The molecule has 2 aromatic rings. The van der Waals surface area contributed by atoms with Crippen molar-refractivity contribution < 1.29 is 14.5 Å². The molecule has 0 radical (unpaired) electrons. The average Bonchev–Trinajstić information content (AvgIpc) is 2.73. The predicted molar refractivity (Wildman–Crippen MR) is 116 cm³/mol. The van der Waals surface area contributed by atoms with Crippen LogP contribution in [0.2, 0.25) is 5.02 Å². The number of nitrogens with one attached hydrogen (secondary N) is 1. The SMILES string of the molecule is CCCCCCOc1ccccc1/C=C(\C#N)C(=O)Nc1ccc(Cl)c([N+](=O)[O-])c1. The first-order chi connectivity index (χ1) is 14.5. The monoisotopic (exact) mass is 427 g/mol. The van der Waals surface area contributed by atoms with Crippen LogP contribution in [-0.4, -0.2) is 17.4 Å². The number of rotatable bonds is 10. The smallest absolute Gasteiger partial charge is 0.289 e. The molecule has 0 atom stereocenters. The lowest BCUT2D eigenvalue weighted by atomic mass is 10.1. The standard InChI is InChI=1S/C22H22ClN3O4/c1-2-3-4-7-12-30-21-9-6-5-8-16(21)13-17(15-24)22(27)25-18-10-11-19(23)20(14-18)26(28)29/h5-6,8-11,13-14H,2-4,7,12H2,1H3,(H,25,27)/b17-13+. The molecule has 0 aliphatic heterocycles. The zero-order chi connectivity index (χ0) is 21.9. The van der Waals surface area contributed by atoms with Gasteiger partial charge in [0.15, 0.2) is 0 Å². The highest BCUT2D eigenvalue weighted by molar-refractivity contribution is 6.32. The molecule has 1 N–H and O–H groups in total. The van der Waals surface area contributed by atoms with Gasteiger partial charge in [0.25, 0.3) is 11.6 Å². The van der Waals surface area contributed by atoms with Crippen molar-refractivity contribution in [1.82, 2.24) is 0 Å². The second-order valence-corrected chi connectivity index (χ2v) is 6.90. The summed E-state index contributed by atoms with van der Waals surface area (Å²) in [5.74, 6) is -0.108. The summed E-state index contributed by atoms with van der Waals surface area (Å²) in [6, 6.07) is 12.9. The molecule has 0 bridgehead atoms. The first kappa shape index (κ1) is 22.9. The van der Waals surface area contributed by atoms with E-state index in [1.54, 1.807) is 18.2 Å². The molecule has 0 unspecified atom stereocenters. The number of hydrogen-bond acceptors (Lipinski definition) is 5. The molecule has 0 aliphatic rings. The molecule has 0 saturated heterocycles. The minimum absolute atomic E-state index is 0.0425. The number of nitro groups is 1. The highest BCUT2D eigenvalue weighted by Crippen LogP contribution is 2.28. The number of amides is 1. The lowest BCUT2D eigenvalue weighted by Gasteiger charge is -2.10. The van der Waals surface area contributed by atoms with E-state index in [4.69, 9.17) is 16.3 Å². The average molecular weight is 428 g/mol. The van der Waals surface area contributed by atoms with Crippen LogP contribution in [0.3, 0.4) is 0 Å². The van der Waals surface area contributed by atoms with Gasteiger partial charge in [-0.25, -0.2) is 0 Å². The Balaban J connectivity index is 2.16. The van der Waals surface area contributed by atoms with Crippen LogP contribution in [0.5, 0.6) is 5.75 Å². The van der Waals surface area contributed by atoms with E-state index >= 15 is 0 Å². The maximum absolute atomic E-state index is 12.5. The summed E-state index contributed by atoms with van der Waals surface area (Å²) in [7, 11) is 0. The van der Waals surface area contributed by atoms with Crippen molar-refractivity contribution in [2.75, 3.05) is 11.9 Å². The molecule has 0 fully saturated rings. The van der Waals surface area contributed by atoms with Gasteiger partial charge in [-0.3, -0.25) is 14.9 Å². The number of carbonyl (C=O) groups is 1. The molecule has 0 aromatic heterocycles. The normalized spacial score (nSPS) is 10.9. The van der Waals surface area contributed by atoms with Crippen LogP contribution in [0.1, 0.15) is 38.2 Å². The highest BCUT2D eigenvalue weighted by Gasteiger charge is 2.16. The summed E-state index contributed by atoms with van der Waals surface area (Å²) in [5, 5.41) is 22.9. The van der Waals surface area contributed by atoms with Crippen molar-refractivity contribution in [1.29, 1.82) is 5.26 Å². The van der Waals surface area contributed by atoms with E-state index in [1.807, 2.05) is 12.1 Å². The zero-order valence-electron chi connectivity index (χ0n) is 16.6. The van der Waals surface area contributed by atoms with Gasteiger partial charge in [0.1, 0.15) is 22.4 Å². The molecule has 2 aromatic carbocycles. The number of carbonyl (C=O) groups excluding carboxylic acids is 1.